The van der Waals surface area contributed by atoms with Gasteiger partial charge in [-0.2, -0.15) is 0 Å². The summed E-state index contributed by atoms with van der Waals surface area (Å²) in [5, 5.41) is 5.04. The van der Waals surface area contributed by atoms with Gasteiger partial charge in [-0.15, -0.1) is 0 Å². The summed E-state index contributed by atoms with van der Waals surface area (Å²) < 4.78 is 32.7. The van der Waals surface area contributed by atoms with Crippen molar-refractivity contribution in [2.24, 2.45) is 5.14 Å². The van der Waals surface area contributed by atoms with Crippen LogP contribution in [0.5, 0.6) is 0 Å². The molecule has 0 fully saturated rings. The second kappa shape index (κ2) is 6.99. The number of sulfonamides is 1. The highest BCUT2D eigenvalue weighted by atomic mass is 79.9. The Kier molecular flexibility index (Phi) is 5.92. The molecule has 8 heteroatoms. The predicted octanol–water partition coefficient (Wildman–Crippen LogP) is 1.29. The van der Waals surface area contributed by atoms with E-state index in [4.69, 9.17) is 14.6 Å². The van der Waals surface area contributed by atoms with Gasteiger partial charge in [0.15, 0.2) is 0 Å². The highest BCUT2D eigenvalue weighted by molar-refractivity contribution is 9.10. The lowest BCUT2D eigenvalue weighted by molar-refractivity contribution is 0.0468. The first kappa shape index (κ1) is 16.1. The van der Waals surface area contributed by atoms with Gasteiger partial charge in [0, 0.05) is 24.6 Å². The number of hydrogen-bond acceptors (Lipinski definition) is 5. The number of carbonyl (C=O) groups is 1. The van der Waals surface area contributed by atoms with E-state index in [1.54, 1.807) is 7.11 Å². The Labute approximate surface area is 120 Å². The number of hydrogen-bond donors (Lipinski definition) is 1. The van der Waals surface area contributed by atoms with E-state index in [0.717, 1.165) is 0 Å². The van der Waals surface area contributed by atoms with E-state index in [0.29, 0.717) is 17.5 Å². The Morgan fingerprint density at radius 1 is 1.37 bits per heavy atom. The number of primary sulfonamides is 1. The van der Waals surface area contributed by atoms with Gasteiger partial charge in [0.1, 0.15) is 0 Å². The fourth-order valence-corrected chi connectivity index (χ4v) is 2.85. The number of carbonyl (C=O) groups excluding carboxylic acids is 1. The molecule has 0 bridgehead atoms. The van der Waals surface area contributed by atoms with Crippen molar-refractivity contribution in [3.63, 3.8) is 0 Å². The molecule has 0 radical (unpaired) electrons. The largest absolute Gasteiger partial charge is 0.462 e. The SMILES string of the molecule is COCCCOC(=O)c1ccc(Br)c(S(N)(=O)=O)c1. The van der Waals surface area contributed by atoms with Crippen molar-refractivity contribution >= 4 is 31.9 Å². The van der Waals surface area contributed by atoms with Crippen LogP contribution in [-0.4, -0.2) is 34.7 Å². The summed E-state index contributed by atoms with van der Waals surface area (Å²) in [6.07, 6.45) is 0.570. The Morgan fingerprint density at radius 2 is 2.05 bits per heavy atom. The molecule has 0 atom stereocenters. The summed E-state index contributed by atoms with van der Waals surface area (Å²) in [6.45, 7) is 0.684. The van der Waals surface area contributed by atoms with Crippen molar-refractivity contribution in [3.05, 3.63) is 28.2 Å². The molecule has 0 spiro atoms. The van der Waals surface area contributed by atoms with E-state index < -0.39 is 16.0 Å². The topological polar surface area (TPSA) is 95.7 Å². The molecule has 0 saturated heterocycles. The number of methoxy groups -OCH3 is 1. The van der Waals surface area contributed by atoms with Crippen LogP contribution in [0.4, 0.5) is 0 Å². The zero-order valence-electron chi connectivity index (χ0n) is 10.3. The number of halogens is 1. The van der Waals surface area contributed by atoms with Crippen LogP contribution in [0.3, 0.4) is 0 Å². The van der Waals surface area contributed by atoms with Crippen molar-refractivity contribution < 1.29 is 22.7 Å². The number of benzene rings is 1. The predicted molar refractivity (Wildman–Crippen MR) is 72.3 cm³/mol. The summed E-state index contributed by atoms with van der Waals surface area (Å²) in [6, 6.07) is 4.07. The second-order valence-electron chi connectivity index (χ2n) is 3.67. The maximum Gasteiger partial charge on any atom is 0.338 e. The molecule has 0 heterocycles. The van der Waals surface area contributed by atoms with E-state index >= 15 is 0 Å². The lowest BCUT2D eigenvalue weighted by Crippen LogP contribution is -2.15. The molecule has 0 amide bonds. The average Bonchev–Trinajstić information content (AvgIpc) is 2.33. The van der Waals surface area contributed by atoms with Gasteiger partial charge in [-0.05, 0) is 34.1 Å². The molecule has 1 aromatic rings. The fourth-order valence-electron chi connectivity index (χ4n) is 1.30. The quantitative estimate of drug-likeness (QED) is 0.615. The molecule has 6 nitrogen and oxygen atoms in total. The van der Waals surface area contributed by atoms with Crippen LogP contribution in [0.1, 0.15) is 16.8 Å². The van der Waals surface area contributed by atoms with E-state index in [-0.39, 0.29) is 17.1 Å². The van der Waals surface area contributed by atoms with Crippen molar-refractivity contribution in [3.8, 4) is 0 Å². The highest BCUT2D eigenvalue weighted by Gasteiger charge is 2.16. The summed E-state index contributed by atoms with van der Waals surface area (Å²) in [5.74, 6) is -0.603. The minimum absolute atomic E-state index is 0.129. The van der Waals surface area contributed by atoms with E-state index in [2.05, 4.69) is 15.9 Å². The standard InChI is InChI=1S/C11H14BrNO5S/c1-17-5-2-6-18-11(14)8-3-4-9(12)10(7-8)19(13,15)16/h3-4,7H,2,5-6H2,1H3,(H2,13,15,16). The van der Waals surface area contributed by atoms with Crippen molar-refractivity contribution in [2.75, 3.05) is 20.3 Å². The van der Waals surface area contributed by atoms with Crippen molar-refractivity contribution in [1.82, 2.24) is 0 Å². The molecule has 0 aliphatic heterocycles. The lowest BCUT2D eigenvalue weighted by atomic mass is 10.2. The average molecular weight is 352 g/mol. The van der Waals surface area contributed by atoms with Crippen molar-refractivity contribution in [1.29, 1.82) is 0 Å². The van der Waals surface area contributed by atoms with Crippen LogP contribution in [0, 0.1) is 0 Å². The Bertz CT molecular complexity index is 558. The maximum absolute atomic E-state index is 11.7. The van der Waals surface area contributed by atoms with E-state index in [9.17, 15) is 13.2 Å². The minimum Gasteiger partial charge on any atom is -0.462 e. The fraction of sp³-hybridized carbons (Fsp3) is 0.364. The number of ether oxygens (including phenoxy) is 2. The van der Waals surface area contributed by atoms with Crippen LogP contribution in [-0.2, 0) is 19.5 Å². The third kappa shape index (κ3) is 4.90. The molecule has 1 rings (SSSR count). The van der Waals surface area contributed by atoms with Gasteiger partial charge < -0.3 is 9.47 Å². The number of rotatable bonds is 6. The Hall–Kier alpha value is -0.960. The van der Waals surface area contributed by atoms with Crippen LogP contribution in [0.15, 0.2) is 27.6 Å². The van der Waals surface area contributed by atoms with E-state index in [1.807, 2.05) is 0 Å². The number of esters is 1. The van der Waals surface area contributed by atoms with E-state index in [1.165, 1.54) is 18.2 Å². The Balaban J connectivity index is 2.82. The van der Waals surface area contributed by atoms with Gasteiger partial charge in [-0.3, -0.25) is 0 Å². The van der Waals surface area contributed by atoms with Gasteiger partial charge in [0.25, 0.3) is 0 Å². The normalized spacial score (nSPS) is 11.3. The summed E-state index contributed by atoms with van der Waals surface area (Å²) >= 11 is 3.06. The van der Waals surface area contributed by atoms with Crippen LogP contribution < -0.4 is 5.14 Å². The van der Waals surface area contributed by atoms with Crippen LogP contribution in [0.2, 0.25) is 0 Å². The zero-order valence-corrected chi connectivity index (χ0v) is 12.7. The number of nitrogens with two attached hydrogens (primary N) is 1. The Morgan fingerprint density at radius 3 is 2.63 bits per heavy atom. The highest BCUT2D eigenvalue weighted by Crippen LogP contribution is 2.22. The molecule has 0 unspecified atom stereocenters. The molecule has 106 valence electrons. The maximum atomic E-state index is 11.7. The minimum atomic E-state index is -3.89. The second-order valence-corrected chi connectivity index (χ2v) is 6.06. The van der Waals surface area contributed by atoms with Gasteiger partial charge in [-0.25, -0.2) is 18.4 Å². The third-order valence-corrected chi connectivity index (χ3v) is 4.10. The first-order valence-corrected chi connectivity index (χ1v) is 7.68. The molecule has 19 heavy (non-hydrogen) atoms. The molecule has 0 saturated carbocycles. The summed E-state index contributed by atoms with van der Waals surface area (Å²) in [7, 11) is -2.34. The van der Waals surface area contributed by atoms with Gasteiger partial charge in [-0.1, -0.05) is 0 Å². The first-order valence-electron chi connectivity index (χ1n) is 5.34. The molecule has 0 aliphatic carbocycles. The molecular formula is C11H14BrNO5S. The molecule has 0 aliphatic rings. The lowest BCUT2D eigenvalue weighted by Gasteiger charge is -2.07. The molecular weight excluding hydrogens is 338 g/mol. The molecule has 2 N–H and O–H groups in total. The monoisotopic (exact) mass is 351 g/mol. The first-order chi connectivity index (χ1) is 8.86. The summed E-state index contributed by atoms with van der Waals surface area (Å²) in [4.78, 5) is 11.5. The van der Waals surface area contributed by atoms with Gasteiger partial charge in [0.05, 0.1) is 17.1 Å². The van der Waals surface area contributed by atoms with Crippen molar-refractivity contribution in [2.45, 2.75) is 11.3 Å². The smallest absolute Gasteiger partial charge is 0.338 e. The van der Waals surface area contributed by atoms with Crippen LogP contribution in [0.25, 0.3) is 0 Å². The van der Waals surface area contributed by atoms with Crippen LogP contribution >= 0.6 is 15.9 Å². The van der Waals surface area contributed by atoms with Gasteiger partial charge >= 0.3 is 5.97 Å². The third-order valence-electron chi connectivity index (χ3n) is 2.20. The molecule has 1 aromatic carbocycles. The molecule has 0 aromatic heterocycles. The van der Waals surface area contributed by atoms with Gasteiger partial charge in [0.2, 0.25) is 10.0 Å². The zero-order chi connectivity index (χ0) is 14.5. The summed E-state index contributed by atoms with van der Waals surface area (Å²) in [5.41, 5.74) is 0.129.